The highest BCUT2D eigenvalue weighted by Gasteiger charge is 2.50. The fraction of sp³-hybridized carbons (Fsp3) is 0.560. The highest BCUT2D eigenvalue weighted by molar-refractivity contribution is 6.06. The zero-order valence-corrected chi connectivity index (χ0v) is 20.3. The number of aromatic nitrogens is 1. The first kappa shape index (κ1) is 26.1. The van der Waals surface area contributed by atoms with E-state index < -0.39 is 48.6 Å². The molecule has 3 heterocycles. The highest BCUT2D eigenvalue weighted by atomic mass is 19.4. The zero-order chi connectivity index (χ0) is 27.0. The molecule has 5 rings (SSSR count). The molecular weight excluding hydrogens is 509 g/mol. The molecule has 2 N–H and O–H groups in total. The van der Waals surface area contributed by atoms with Gasteiger partial charge in [-0.2, -0.15) is 0 Å². The van der Waals surface area contributed by atoms with Crippen LogP contribution in [0.1, 0.15) is 42.6 Å². The Bertz CT molecular complexity index is 1250. The molecule has 0 spiro atoms. The molecule has 0 unspecified atom stereocenters. The molecule has 204 valence electrons. The zero-order valence-electron chi connectivity index (χ0n) is 20.3. The highest BCUT2D eigenvalue weighted by Crippen LogP contribution is 2.43. The van der Waals surface area contributed by atoms with Crippen LogP contribution in [0.5, 0.6) is 0 Å². The molecule has 1 saturated carbocycles. The van der Waals surface area contributed by atoms with E-state index >= 15 is 0 Å². The number of rotatable bonds is 8. The van der Waals surface area contributed by atoms with Crippen LogP contribution in [0.15, 0.2) is 28.8 Å². The first-order valence-corrected chi connectivity index (χ1v) is 12.6. The van der Waals surface area contributed by atoms with Crippen LogP contribution in [0.2, 0.25) is 0 Å². The van der Waals surface area contributed by atoms with Crippen molar-refractivity contribution in [3.8, 4) is 0 Å². The molecule has 10 nitrogen and oxygen atoms in total. The second-order valence-corrected chi connectivity index (χ2v) is 10.1. The number of likely N-dealkylation sites (tertiary alicyclic amines) is 1. The van der Waals surface area contributed by atoms with Crippen LogP contribution in [0.25, 0.3) is 11.0 Å². The normalized spacial score (nSPS) is 25.9. The van der Waals surface area contributed by atoms with Crippen LogP contribution in [-0.4, -0.2) is 71.7 Å². The summed E-state index contributed by atoms with van der Waals surface area (Å²) < 4.78 is 46.8. The van der Waals surface area contributed by atoms with Gasteiger partial charge in [0.1, 0.15) is 12.6 Å². The predicted octanol–water partition coefficient (Wildman–Crippen LogP) is 2.18. The van der Waals surface area contributed by atoms with Crippen LogP contribution in [0.4, 0.5) is 13.2 Å². The van der Waals surface area contributed by atoms with E-state index in [4.69, 9.17) is 4.52 Å². The van der Waals surface area contributed by atoms with Crippen LogP contribution >= 0.6 is 0 Å². The largest absolute Gasteiger partial charge is 0.522 e. The van der Waals surface area contributed by atoms with E-state index in [0.717, 1.165) is 12.8 Å². The Balaban J connectivity index is 1.38. The molecular formula is C25H27F3N4O6. The number of ketones is 1. The monoisotopic (exact) mass is 536 g/mol. The van der Waals surface area contributed by atoms with Crippen LogP contribution in [0.3, 0.4) is 0 Å². The molecule has 3 aliphatic rings. The van der Waals surface area contributed by atoms with Crippen molar-refractivity contribution in [2.75, 3.05) is 19.7 Å². The van der Waals surface area contributed by atoms with Gasteiger partial charge in [-0.1, -0.05) is 23.7 Å². The number of benzene rings is 1. The lowest BCUT2D eigenvalue weighted by Crippen LogP contribution is -2.54. The number of ether oxygens (including phenoxy) is 1. The topological polar surface area (TPSA) is 131 Å². The molecule has 1 aliphatic carbocycles. The number of hydrogen-bond donors (Lipinski definition) is 2. The Kier molecular flexibility index (Phi) is 7.12. The molecule has 2 aromatic rings. The number of amides is 3. The van der Waals surface area contributed by atoms with E-state index in [1.807, 2.05) is 0 Å². The molecule has 0 bridgehead atoms. The van der Waals surface area contributed by atoms with Gasteiger partial charge in [0.05, 0.1) is 11.4 Å². The minimum atomic E-state index is -5.03. The van der Waals surface area contributed by atoms with Gasteiger partial charge in [0, 0.05) is 19.0 Å². The quantitative estimate of drug-likeness (QED) is 0.529. The van der Waals surface area contributed by atoms with E-state index in [2.05, 4.69) is 20.5 Å². The number of nitrogens with zero attached hydrogens (tertiary/aromatic N) is 2. The Morgan fingerprint density at radius 3 is 2.74 bits per heavy atom. The summed E-state index contributed by atoms with van der Waals surface area (Å²) in [5.41, 5.74) is 0.480. The predicted molar refractivity (Wildman–Crippen MR) is 124 cm³/mol. The summed E-state index contributed by atoms with van der Waals surface area (Å²) in [5.74, 6) is -3.23. The Hall–Kier alpha value is -3.48. The van der Waals surface area contributed by atoms with Crippen LogP contribution < -0.4 is 10.6 Å². The lowest BCUT2D eigenvalue weighted by molar-refractivity contribution is -0.321. The van der Waals surface area contributed by atoms with Gasteiger partial charge < -0.3 is 20.1 Å². The Labute approximate surface area is 215 Å². The first-order valence-electron chi connectivity index (χ1n) is 12.6. The van der Waals surface area contributed by atoms with E-state index in [-0.39, 0.29) is 29.9 Å². The first-order chi connectivity index (χ1) is 18.1. The van der Waals surface area contributed by atoms with Gasteiger partial charge in [-0.15, -0.1) is 13.2 Å². The number of alkyl halides is 3. The second kappa shape index (κ2) is 10.4. The molecule has 2 saturated heterocycles. The van der Waals surface area contributed by atoms with E-state index in [9.17, 15) is 32.3 Å². The number of Topliss-reactive ketones (excluding diaryl/α,β-unsaturated/α-hetero) is 1. The summed E-state index contributed by atoms with van der Waals surface area (Å²) in [6.07, 6.45) is -2.43. The molecule has 1 aromatic heterocycles. The third-order valence-electron chi connectivity index (χ3n) is 7.77. The number of para-hydroxylation sites is 1. The molecule has 38 heavy (non-hydrogen) atoms. The smallest absolute Gasteiger partial charge is 0.356 e. The maximum atomic E-state index is 13.6. The fourth-order valence-corrected chi connectivity index (χ4v) is 5.96. The van der Waals surface area contributed by atoms with Gasteiger partial charge in [-0.25, -0.2) is 0 Å². The van der Waals surface area contributed by atoms with Crippen molar-refractivity contribution in [3.63, 3.8) is 0 Å². The molecule has 5 atom stereocenters. The second-order valence-electron chi connectivity index (χ2n) is 10.1. The number of carbonyl (C=O) groups excluding carboxylic acids is 4. The summed E-state index contributed by atoms with van der Waals surface area (Å²) in [6.45, 7) is -0.617. The molecule has 3 fully saturated rings. The molecule has 13 heteroatoms. The van der Waals surface area contributed by atoms with Crippen molar-refractivity contribution >= 4 is 34.5 Å². The van der Waals surface area contributed by atoms with Crippen LogP contribution in [0, 0.1) is 17.8 Å². The van der Waals surface area contributed by atoms with Crippen molar-refractivity contribution in [2.45, 2.75) is 50.6 Å². The number of carbonyl (C=O) groups is 4. The number of fused-ring (bicyclic) bond motifs is 2. The third-order valence-corrected chi connectivity index (χ3v) is 7.77. The minimum Gasteiger partial charge on any atom is -0.356 e. The summed E-state index contributed by atoms with van der Waals surface area (Å²) >= 11 is 0. The van der Waals surface area contributed by atoms with E-state index in [1.54, 1.807) is 24.3 Å². The lowest BCUT2D eigenvalue weighted by atomic mass is 9.92. The van der Waals surface area contributed by atoms with Gasteiger partial charge in [0.15, 0.2) is 17.1 Å². The summed E-state index contributed by atoms with van der Waals surface area (Å²) in [7, 11) is 0. The molecule has 3 amide bonds. The lowest BCUT2D eigenvalue weighted by Gasteiger charge is -2.29. The summed E-state index contributed by atoms with van der Waals surface area (Å²) in [5, 5.41) is 9.61. The third kappa shape index (κ3) is 5.24. The van der Waals surface area contributed by atoms with Crippen molar-refractivity contribution in [1.82, 2.24) is 20.7 Å². The maximum Gasteiger partial charge on any atom is 0.522 e. The van der Waals surface area contributed by atoms with Gasteiger partial charge in [-0.05, 0) is 49.7 Å². The average molecular weight is 537 g/mol. The standard InChI is InChI=1S/C25H27F3N4O6/c26-25(27,28)37-12-18(33)17(10-13-8-9-29-22(13)34)30-23(35)21-15-6-3-4-14(15)11-32(21)24(36)20-16-5-1-2-7-19(16)38-31-20/h1-2,5,7,13-15,17,21H,3-4,6,8-12H2,(H,29,34)(H,30,35)/t13-,14-,15-,17-,21-/m0/s1. The van der Waals surface area contributed by atoms with Crippen molar-refractivity contribution < 1.29 is 41.6 Å². The SMILES string of the molecule is O=C1NCC[C@H]1C[C@H](NC(=O)[C@@H]1[C@H]2CCC[C@H]2CN1C(=O)c1noc2ccccc12)C(=O)COC(F)(F)F. The van der Waals surface area contributed by atoms with Crippen molar-refractivity contribution in [1.29, 1.82) is 0 Å². The summed E-state index contributed by atoms with van der Waals surface area (Å²) in [6, 6.07) is 4.50. The fourth-order valence-electron chi connectivity index (χ4n) is 5.96. The Morgan fingerprint density at radius 2 is 2.00 bits per heavy atom. The van der Waals surface area contributed by atoms with E-state index in [0.29, 0.717) is 36.9 Å². The molecule has 2 aliphatic heterocycles. The maximum absolute atomic E-state index is 13.6. The van der Waals surface area contributed by atoms with Crippen molar-refractivity contribution in [3.05, 3.63) is 30.0 Å². The minimum absolute atomic E-state index is 0.0622. The molecule has 0 radical (unpaired) electrons. The summed E-state index contributed by atoms with van der Waals surface area (Å²) in [4.78, 5) is 53.5. The molecule has 1 aromatic carbocycles. The van der Waals surface area contributed by atoms with E-state index in [1.165, 1.54) is 4.90 Å². The average Bonchev–Trinajstić information content (AvgIpc) is 3.65. The van der Waals surface area contributed by atoms with Crippen LogP contribution in [-0.2, 0) is 19.1 Å². The Morgan fingerprint density at radius 1 is 1.21 bits per heavy atom. The van der Waals surface area contributed by atoms with Gasteiger partial charge >= 0.3 is 6.36 Å². The number of hydrogen-bond acceptors (Lipinski definition) is 7. The van der Waals surface area contributed by atoms with Gasteiger partial charge in [-0.3, -0.25) is 23.9 Å². The van der Waals surface area contributed by atoms with Crippen molar-refractivity contribution in [2.24, 2.45) is 17.8 Å². The number of nitrogens with one attached hydrogen (secondary N) is 2. The van der Waals surface area contributed by atoms with Gasteiger partial charge in [0.25, 0.3) is 5.91 Å². The number of halogens is 3. The van der Waals surface area contributed by atoms with Gasteiger partial charge in [0.2, 0.25) is 11.8 Å².